The molecule has 2 N–H and O–H groups in total. The zero-order valence-electron chi connectivity index (χ0n) is 24.7. The Kier molecular flexibility index (Phi) is 9.68. The van der Waals surface area contributed by atoms with Gasteiger partial charge >= 0.3 is 5.97 Å². The SMILES string of the molecule is CCOC(=O)C1(C(=O)N2CCCC2C(=O)N2CCN(c3nc(NC(C)C)nc(NC(C)C)n3)CC2)CCCCC1. The molecule has 222 valence electrons. The Morgan fingerprint density at radius 1 is 0.875 bits per heavy atom. The molecule has 1 aromatic heterocycles. The third-order valence-electron chi connectivity index (χ3n) is 7.91. The fraction of sp³-hybridized carbons (Fsp3) is 0.786. The summed E-state index contributed by atoms with van der Waals surface area (Å²) >= 11 is 0. The van der Waals surface area contributed by atoms with Crippen molar-refractivity contribution in [3.05, 3.63) is 0 Å². The molecule has 2 amide bonds. The molecule has 1 aliphatic carbocycles. The Morgan fingerprint density at radius 2 is 1.48 bits per heavy atom. The topological polar surface area (TPSA) is 133 Å². The van der Waals surface area contributed by atoms with Crippen molar-refractivity contribution in [2.45, 2.75) is 97.7 Å². The maximum atomic E-state index is 13.9. The lowest BCUT2D eigenvalue weighted by atomic mass is 9.72. The molecule has 0 aromatic carbocycles. The van der Waals surface area contributed by atoms with Crippen LogP contribution in [0.15, 0.2) is 0 Å². The smallest absolute Gasteiger partial charge is 0.321 e. The summed E-state index contributed by atoms with van der Waals surface area (Å²) in [5.41, 5.74) is -1.15. The standard InChI is InChI=1S/C28H46N8O4/c1-6-40-24(39)28(12-8-7-9-13-28)23(38)36-14-10-11-21(36)22(37)34-15-17-35(18-16-34)27-32-25(29-19(2)3)31-26(33-27)30-20(4)5/h19-21H,6-18H2,1-5H3,(H2,29,30,31,32,33). The molecule has 0 spiro atoms. The summed E-state index contributed by atoms with van der Waals surface area (Å²) in [7, 11) is 0. The Balaban J connectivity index is 1.44. The summed E-state index contributed by atoms with van der Waals surface area (Å²) < 4.78 is 5.38. The Morgan fingerprint density at radius 3 is 2.02 bits per heavy atom. The number of carbonyl (C=O) groups excluding carboxylic acids is 3. The van der Waals surface area contributed by atoms with Crippen LogP contribution in [0.2, 0.25) is 0 Å². The van der Waals surface area contributed by atoms with Gasteiger partial charge in [0.1, 0.15) is 11.5 Å². The molecule has 0 radical (unpaired) electrons. The van der Waals surface area contributed by atoms with E-state index in [1.54, 1.807) is 11.8 Å². The number of aromatic nitrogens is 3. The van der Waals surface area contributed by atoms with Gasteiger partial charge in [-0.2, -0.15) is 15.0 Å². The first-order chi connectivity index (χ1) is 19.1. The largest absolute Gasteiger partial charge is 0.465 e. The van der Waals surface area contributed by atoms with Crippen molar-refractivity contribution in [2.75, 3.05) is 54.9 Å². The highest BCUT2D eigenvalue weighted by atomic mass is 16.5. The number of carbonyl (C=O) groups is 3. The quantitative estimate of drug-likeness (QED) is 0.344. The monoisotopic (exact) mass is 558 g/mol. The first kappa shape index (κ1) is 29.8. The lowest BCUT2D eigenvalue weighted by molar-refractivity contribution is -0.169. The first-order valence-corrected chi connectivity index (χ1v) is 15.0. The Labute approximate surface area is 237 Å². The van der Waals surface area contributed by atoms with Gasteiger partial charge in [0.2, 0.25) is 29.7 Å². The third kappa shape index (κ3) is 6.58. The lowest BCUT2D eigenvalue weighted by Gasteiger charge is -2.40. The fourth-order valence-corrected chi connectivity index (χ4v) is 5.96. The molecule has 3 heterocycles. The van der Waals surface area contributed by atoms with Gasteiger partial charge in [0.15, 0.2) is 0 Å². The highest BCUT2D eigenvalue weighted by molar-refractivity contribution is 6.04. The van der Waals surface area contributed by atoms with Gasteiger partial charge in [-0.15, -0.1) is 0 Å². The van der Waals surface area contributed by atoms with E-state index < -0.39 is 17.4 Å². The number of amides is 2. The lowest BCUT2D eigenvalue weighted by Crippen LogP contribution is -2.58. The first-order valence-electron chi connectivity index (χ1n) is 15.0. The summed E-state index contributed by atoms with van der Waals surface area (Å²) in [6.45, 7) is 12.8. The van der Waals surface area contributed by atoms with Crippen LogP contribution in [0.1, 0.15) is 79.6 Å². The fourth-order valence-electron chi connectivity index (χ4n) is 5.96. The second-order valence-electron chi connectivity index (χ2n) is 11.7. The maximum absolute atomic E-state index is 13.9. The predicted octanol–water partition coefficient (Wildman–Crippen LogP) is 2.67. The van der Waals surface area contributed by atoms with E-state index in [9.17, 15) is 14.4 Å². The minimum atomic E-state index is -1.15. The van der Waals surface area contributed by atoms with Crippen molar-refractivity contribution < 1.29 is 19.1 Å². The van der Waals surface area contributed by atoms with E-state index in [-0.39, 0.29) is 30.5 Å². The number of esters is 1. The van der Waals surface area contributed by atoms with Gasteiger partial charge in [-0.25, -0.2) is 0 Å². The minimum Gasteiger partial charge on any atom is -0.465 e. The van der Waals surface area contributed by atoms with E-state index in [1.165, 1.54) is 0 Å². The summed E-state index contributed by atoms with van der Waals surface area (Å²) in [6.07, 6.45) is 5.00. The molecular formula is C28H46N8O4. The number of piperazine rings is 1. The van der Waals surface area contributed by atoms with Crippen molar-refractivity contribution in [1.82, 2.24) is 24.8 Å². The van der Waals surface area contributed by atoms with Crippen molar-refractivity contribution in [3.63, 3.8) is 0 Å². The molecule has 1 aromatic rings. The number of ether oxygens (including phenoxy) is 1. The van der Waals surface area contributed by atoms with Gasteiger partial charge in [0.25, 0.3) is 0 Å². The second kappa shape index (κ2) is 13.0. The Bertz CT molecular complexity index is 1020. The number of likely N-dealkylation sites (tertiary alicyclic amines) is 1. The predicted molar refractivity (Wildman–Crippen MR) is 153 cm³/mol. The summed E-state index contributed by atoms with van der Waals surface area (Å²) in [5, 5.41) is 6.52. The molecule has 4 rings (SSSR count). The van der Waals surface area contributed by atoms with Gasteiger partial charge in [0.05, 0.1) is 6.61 Å². The molecular weight excluding hydrogens is 512 g/mol. The van der Waals surface area contributed by atoms with Crippen LogP contribution in [0.25, 0.3) is 0 Å². The molecule has 12 nitrogen and oxygen atoms in total. The molecule has 0 bridgehead atoms. The molecule has 40 heavy (non-hydrogen) atoms. The zero-order valence-corrected chi connectivity index (χ0v) is 24.7. The second-order valence-corrected chi connectivity index (χ2v) is 11.7. The van der Waals surface area contributed by atoms with Crippen LogP contribution in [-0.2, 0) is 19.1 Å². The molecule has 3 aliphatic rings. The van der Waals surface area contributed by atoms with Crippen LogP contribution in [0.3, 0.4) is 0 Å². The average Bonchev–Trinajstić information content (AvgIpc) is 3.42. The Hall–Kier alpha value is -3.18. The number of nitrogens with zero attached hydrogens (tertiary/aromatic N) is 6. The molecule has 12 heteroatoms. The minimum absolute atomic E-state index is 0.0414. The van der Waals surface area contributed by atoms with Crippen molar-refractivity contribution in [2.24, 2.45) is 5.41 Å². The molecule has 2 saturated heterocycles. The van der Waals surface area contributed by atoms with Crippen molar-refractivity contribution in [3.8, 4) is 0 Å². The van der Waals surface area contributed by atoms with Gasteiger partial charge in [-0.1, -0.05) is 19.3 Å². The molecule has 1 unspecified atom stereocenters. The third-order valence-corrected chi connectivity index (χ3v) is 7.91. The number of hydrogen-bond donors (Lipinski definition) is 2. The number of hydrogen-bond acceptors (Lipinski definition) is 10. The summed E-state index contributed by atoms with van der Waals surface area (Å²) in [5.74, 6) is 0.905. The van der Waals surface area contributed by atoms with Crippen LogP contribution in [0, 0.1) is 5.41 Å². The zero-order chi connectivity index (χ0) is 28.9. The van der Waals surface area contributed by atoms with E-state index in [0.717, 1.165) is 25.7 Å². The van der Waals surface area contributed by atoms with Gasteiger partial charge in [-0.3, -0.25) is 14.4 Å². The molecule has 1 atom stereocenters. The van der Waals surface area contributed by atoms with Crippen LogP contribution in [-0.4, -0.2) is 100.0 Å². The summed E-state index contributed by atoms with van der Waals surface area (Å²) in [4.78, 5) is 60.0. The normalized spacial score (nSPS) is 21.1. The van der Waals surface area contributed by atoms with Crippen LogP contribution in [0.5, 0.6) is 0 Å². The highest BCUT2D eigenvalue weighted by Gasteiger charge is 2.52. The van der Waals surface area contributed by atoms with E-state index >= 15 is 0 Å². The van der Waals surface area contributed by atoms with Gasteiger partial charge < -0.3 is 30.1 Å². The number of nitrogens with one attached hydrogen (secondary N) is 2. The van der Waals surface area contributed by atoms with Crippen LogP contribution >= 0.6 is 0 Å². The molecule has 2 aliphatic heterocycles. The van der Waals surface area contributed by atoms with Crippen molar-refractivity contribution in [1.29, 1.82) is 0 Å². The van der Waals surface area contributed by atoms with Crippen molar-refractivity contribution >= 4 is 35.6 Å². The number of rotatable bonds is 9. The van der Waals surface area contributed by atoms with E-state index in [4.69, 9.17) is 4.74 Å². The van der Waals surface area contributed by atoms with E-state index in [0.29, 0.717) is 69.8 Å². The van der Waals surface area contributed by atoms with Crippen LogP contribution in [0.4, 0.5) is 17.8 Å². The highest BCUT2D eigenvalue weighted by Crippen LogP contribution is 2.41. The van der Waals surface area contributed by atoms with Gasteiger partial charge in [0, 0.05) is 44.8 Å². The maximum Gasteiger partial charge on any atom is 0.321 e. The van der Waals surface area contributed by atoms with E-state index in [2.05, 4.69) is 30.5 Å². The average molecular weight is 559 g/mol. The molecule has 1 saturated carbocycles. The van der Waals surface area contributed by atoms with Gasteiger partial charge in [-0.05, 0) is 60.3 Å². The summed E-state index contributed by atoms with van der Waals surface area (Å²) in [6, 6.07) is -0.191. The van der Waals surface area contributed by atoms with Crippen LogP contribution < -0.4 is 15.5 Å². The van der Waals surface area contributed by atoms with E-state index in [1.807, 2.05) is 32.6 Å². The number of anilines is 3. The molecule has 3 fully saturated rings.